The van der Waals surface area contributed by atoms with E-state index >= 15 is 0 Å². The van der Waals surface area contributed by atoms with Crippen molar-refractivity contribution in [1.82, 2.24) is 4.72 Å². The number of hydrogen-bond acceptors (Lipinski definition) is 5. The lowest BCUT2D eigenvalue weighted by Gasteiger charge is -2.15. The summed E-state index contributed by atoms with van der Waals surface area (Å²) in [5.74, 6) is 0.788. The summed E-state index contributed by atoms with van der Waals surface area (Å²) in [6.07, 6.45) is 0. The van der Waals surface area contributed by atoms with Crippen LogP contribution >= 0.6 is 0 Å². The Morgan fingerprint density at radius 2 is 1.47 bits per heavy atom. The Morgan fingerprint density at radius 1 is 0.875 bits per heavy atom. The van der Waals surface area contributed by atoms with E-state index in [4.69, 9.17) is 9.47 Å². The molecule has 168 valence electrons. The summed E-state index contributed by atoms with van der Waals surface area (Å²) in [4.78, 5) is 12.2. The van der Waals surface area contributed by atoms with E-state index in [1.165, 1.54) is 24.3 Å². The fourth-order valence-electron chi connectivity index (χ4n) is 2.97. The molecule has 0 fully saturated rings. The lowest BCUT2D eigenvalue weighted by atomic mass is 10.1. The zero-order valence-corrected chi connectivity index (χ0v) is 18.8. The first-order chi connectivity index (χ1) is 15.4. The van der Waals surface area contributed by atoms with Gasteiger partial charge in [0.25, 0.3) is 5.91 Å². The van der Waals surface area contributed by atoms with Crippen molar-refractivity contribution in [3.8, 4) is 11.5 Å². The molecule has 3 aromatic rings. The first kappa shape index (κ1) is 23.3. The molecule has 0 heterocycles. The summed E-state index contributed by atoms with van der Waals surface area (Å²) in [6.45, 7) is 4.05. The van der Waals surface area contributed by atoms with Crippen LogP contribution in [0.1, 0.15) is 25.5 Å². The highest BCUT2D eigenvalue weighted by molar-refractivity contribution is 7.89. The topological polar surface area (TPSA) is 93.7 Å². The van der Waals surface area contributed by atoms with Gasteiger partial charge in [0.15, 0.2) is 6.61 Å². The number of nitrogens with one attached hydrogen (secondary N) is 2. The number of rotatable bonds is 10. The summed E-state index contributed by atoms with van der Waals surface area (Å²) in [6, 6.07) is 21.9. The van der Waals surface area contributed by atoms with Gasteiger partial charge in [-0.2, -0.15) is 0 Å². The molecule has 3 rings (SSSR count). The number of carbonyl (C=O) groups excluding carboxylic acids is 1. The first-order valence-electron chi connectivity index (χ1n) is 10.2. The van der Waals surface area contributed by atoms with Crippen molar-refractivity contribution < 1.29 is 22.7 Å². The van der Waals surface area contributed by atoms with Gasteiger partial charge in [0.05, 0.1) is 11.5 Å². The minimum atomic E-state index is -3.70. The van der Waals surface area contributed by atoms with Crippen molar-refractivity contribution >= 4 is 21.6 Å². The summed E-state index contributed by atoms with van der Waals surface area (Å²) in [5, 5.41) is 2.73. The fraction of sp³-hybridized carbons (Fsp3) is 0.208. The molecule has 32 heavy (non-hydrogen) atoms. The van der Waals surface area contributed by atoms with Crippen LogP contribution in [0.4, 0.5) is 5.69 Å². The third-order valence-electron chi connectivity index (χ3n) is 4.58. The van der Waals surface area contributed by atoms with Crippen molar-refractivity contribution in [1.29, 1.82) is 0 Å². The lowest BCUT2D eigenvalue weighted by molar-refractivity contribution is -0.118. The molecule has 0 unspecified atom stereocenters. The third kappa shape index (κ3) is 6.57. The van der Waals surface area contributed by atoms with Crippen molar-refractivity contribution in [3.63, 3.8) is 0 Å². The molecule has 3 aromatic carbocycles. The molecule has 0 saturated heterocycles. The van der Waals surface area contributed by atoms with Crippen LogP contribution in [0.15, 0.2) is 83.8 Å². The second-order valence-electron chi connectivity index (χ2n) is 7.02. The highest BCUT2D eigenvalue weighted by Gasteiger charge is 2.18. The minimum Gasteiger partial charge on any atom is -0.494 e. The van der Waals surface area contributed by atoms with E-state index in [2.05, 4.69) is 10.0 Å². The van der Waals surface area contributed by atoms with Crippen LogP contribution in [0, 0.1) is 0 Å². The molecule has 0 radical (unpaired) electrons. The number of anilines is 1. The number of sulfonamides is 1. The number of amides is 1. The third-order valence-corrected chi connectivity index (χ3v) is 6.14. The average molecular weight is 455 g/mol. The molecule has 7 nitrogen and oxygen atoms in total. The Labute approximate surface area is 188 Å². The van der Waals surface area contributed by atoms with E-state index < -0.39 is 10.0 Å². The van der Waals surface area contributed by atoms with E-state index in [-0.39, 0.29) is 23.5 Å². The highest BCUT2D eigenvalue weighted by Crippen LogP contribution is 2.20. The van der Waals surface area contributed by atoms with Gasteiger partial charge in [-0.05, 0) is 67.9 Å². The Balaban J connectivity index is 1.53. The second kappa shape index (κ2) is 10.8. The summed E-state index contributed by atoms with van der Waals surface area (Å²) >= 11 is 0. The standard InChI is InChI=1S/C24H26N2O5S/c1-3-30-21-11-9-20(10-12-21)25-24(27)17-31-22-13-15-23(16-14-22)32(28,29)26-18(2)19-7-5-4-6-8-19/h4-16,18,26H,3,17H2,1-2H3,(H,25,27)/t18-/m1/s1. The van der Waals surface area contributed by atoms with Crippen LogP contribution in [-0.4, -0.2) is 27.5 Å². The zero-order chi connectivity index (χ0) is 23.0. The van der Waals surface area contributed by atoms with Gasteiger partial charge in [0, 0.05) is 11.7 Å². The summed E-state index contributed by atoms with van der Waals surface area (Å²) in [7, 11) is -3.70. The normalized spacial score (nSPS) is 12.1. The summed E-state index contributed by atoms with van der Waals surface area (Å²) in [5.41, 5.74) is 1.50. The Kier molecular flexibility index (Phi) is 7.86. The smallest absolute Gasteiger partial charge is 0.262 e. The van der Waals surface area contributed by atoms with E-state index in [0.29, 0.717) is 18.0 Å². The molecule has 0 bridgehead atoms. The van der Waals surface area contributed by atoms with Gasteiger partial charge >= 0.3 is 0 Å². The predicted molar refractivity (Wildman–Crippen MR) is 123 cm³/mol. The van der Waals surface area contributed by atoms with Crippen LogP contribution < -0.4 is 19.5 Å². The highest BCUT2D eigenvalue weighted by atomic mass is 32.2. The van der Waals surface area contributed by atoms with E-state index in [9.17, 15) is 13.2 Å². The van der Waals surface area contributed by atoms with Gasteiger partial charge in [-0.25, -0.2) is 13.1 Å². The Morgan fingerprint density at radius 3 is 2.09 bits per heavy atom. The van der Waals surface area contributed by atoms with Crippen LogP contribution in [0.5, 0.6) is 11.5 Å². The van der Waals surface area contributed by atoms with Crippen LogP contribution in [0.3, 0.4) is 0 Å². The van der Waals surface area contributed by atoms with Crippen LogP contribution in [0.25, 0.3) is 0 Å². The van der Waals surface area contributed by atoms with Gasteiger partial charge in [0.2, 0.25) is 10.0 Å². The molecule has 2 N–H and O–H groups in total. The molecule has 0 aromatic heterocycles. The first-order valence-corrected chi connectivity index (χ1v) is 11.7. The van der Waals surface area contributed by atoms with Gasteiger partial charge in [-0.1, -0.05) is 30.3 Å². The molecule has 1 amide bonds. The predicted octanol–water partition coefficient (Wildman–Crippen LogP) is 4.14. The fourth-order valence-corrected chi connectivity index (χ4v) is 4.20. The van der Waals surface area contributed by atoms with Gasteiger partial charge < -0.3 is 14.8 Å². The van der Waals surface area contributed by atoms with Crippen molar-refractivity contribution in [2.24, 2.45) is 0 Å². The molecular formula is C24H26N2O5S. The molecule has 0 aliphatic rings. The molecule has 0 spiro atoms. The SMILES string of the molecule is CCOc1ccc(NC(=O)COc2ccc(S(=O)(=O)N[C@H](C)c3ccccc3)cc2)cc1. The van der Waals surface area contributed by atoms with E-state index in [1.807, 2.05) is 37.3 Å². The molecule has 0 saturated carbocycles. The number of hydrogen-bond donors (Lipinski definition) is 2. The minimum absolute atomic E-state index is 0.117. The van der Waals surface area contributed by atoms with Gasteiger partial charge in [-0.3, -0.25) is 4.79 Å². The molecule has 8 heteroatoms. The van der Waals surface area contributed by atoms with Crippen LogP contribution in [0.2, 0.25) is 0 Å². The molecule has 0 aliphatic carbocycles. The number of ether oxygens (including phenoxy) is 2. The monoisotopic (exact) mass is 454 g/mol. The number of benzene rings is 3. The maximum absolute atomic E-state index is 12.6. The quantitative estimate of drug-likeness (QED) is 0.480. The van der Waals surface area contributed by atoms with Crippen molar-refractivity contribution in [3.05, 3.63) is 84.4 Å². The summed E-state index contributed by atoms with van der Waals surface area (Å²) < 4.78 is 38.8. The van der Waals surface area contributed by atoms with Crippen LogP contribution in [-0.2, 0) is 14.8 Å². The Bertz CT molecular complexity index is 1120. The molecule has 1 atom stereocenters. The van der Waals surface area contributed by atoms with E-state index in [0.717, 1.165) is 11.3 Å². The largest absolute Gasteiger partial charge is 0.494 e. The lowest BCUT2D eigenvalue weighted by Crippen LogP contribution is -2.26. The van der Waals surface area contributed by atoms with Gasteiger partial charge in [0.1, 0.15) is 11.5 Å². The molecular weight excluding hydrogens is 428 g/mol. The second-order valence-corrected chi connectivity index (χ2v) is 8.73. The maximum atomic E-state index is 12.6. The zero-order valence-electron chi connectivity index (χ0n) is 17.9. The Hall–Kier alpha value is -3.36. The van der Waals surface area contributed by atoms with E-state index in [1.54, 1.807) is 31.2 Å². The van der Waals surface area contributed by atoms with Crippen molar-refractivity contribution in [2.45, 2.75) is 24.8 Å². The molecule has 0 aliphatic heterocycles. The number of carbonyl (C=O) groups is 1. The average Bonchev–Trinajstić information content (AvgIpc) is 2.80. The van der Waals surface area contributed by atoms with Gasteiger partial charge in [-0.15, -0.1) is 0 Å². The maximum Gasteiger partial charge on any atom is 0.262 e. The van der Waals surface area contributed by atoms with Crippen molar-refractivity contribution in [2.75, 3.05) is 18.5 Å².